The van der Waals surface area contributed by atoms with Crippen LogP contribution in [0, 0.1) is 6.92 Å². The number of nitrogens with zero attached hydrogens (tertiary/aromatic N) is 1. The van der Waals surface area contributed by atoms with Crippen molar-refractivity contribution in [1.29, 1.82) is 0 Å². The molecule has 0 saturated heterocycles. The van der Waals surface area contributed by atoms with Crippen molar-refractivity contribution in [2.75, 3.05) is 13.2 Å². The van der Waals surface area contributed by atoms with Gasteiger partial charge in [0.25, 0.3) is 0 Å². The lowest BCUT2D eigenvalue weighted by atomic mass is 10.3. The fraction of sp³-hybridized carbons (Fsp3) is 0.500. The highest BCUT2D eigenvalue weighted by molar-refractivity contribution is 5.87. The van der Waals surface area contributed by atoms with Crippen molar-refractivity contribution in [2.24, 2.45) is 0 Å². The number of aryl methyl sites for hydroxylation is 1. The van der Waals surface area contributed by atoms with Gasteiger partial charge in [-0.3, -0.25) is 0 Å². The Bertz CT molecular complexity index is 352. The predicted molar refractivity (Wildman–Crippen MR) is 60.3 cm³/mol. The third-order valence-corrected chi connectivity index (χ3v) is 1.96. The first-order valence-corrected chi connectivity index (χ1v) is 5.36. The summed E-state index contributed by atoms with van der Waals surface area (Å²) in [5, 5.41) is 0. The number of hydrogen-bond donors (Lipinski definition) is 0. The van der Waals surface area contributed by atoms with Crippen LogP contribution in [0.4, 0.5) is 0 Å². The first-order valence-electron chi connectivity index (χ1n) is 5.36. The molecule has 1 rings (SSSR count). The molecule has 0 spiro atoms. The van der Waals surface area contributed by atoms with Crippen LogP contribution in [0.5, 0.6) is 0 Å². The van der Waals surface area contributed by atoms with Gasteiger partial charge >= 0.3 is 5.97 Å². The molecule has 1 aromatic heterocycles. The molecule has 1 unspecified atom stereocenters. The van der Waals surface area contributed by atoms with E-state index in [9.17, 15) is 4.79 Å². The summed E-state index contributed by atoms with van der Waals surface area (Å²) in [7, 11) is 0. The normalized spacial score (nSPS) is 12.2. The standard InChI is InChI=1S/C12H17NO3/c1-4-15-8-10(3)16-12(14)11-7-5-6-9(2)13-11/h5-7,10H,4,8H2,1-3H3. The maximum atomic E-state index is 11.6. The van der Waals surface area contributed by atoms with Gasteiger partial charge in [0.15, 0.2) is 0 Å². The Kier molecular flexibility index (Phi) is 4.92. The van der Waals surface area contributed by atoms with Crippen LogP contribution in [-0.4, -0.2) is 30.3 Å². The number of hydrogen-bond acceptors (Lipinski definition) is 4. The van der Waals surface area contributed by atoms with Gasteiger partial charge in [-0.25, -0.2) is 9.78 Å². The third-order valence-electron chi connectivity index (χ3n) is 1.96. The van der Waals surface area contributed by atoms with Crippen molar-refractivity contribution in [3.05, 3.63) is 29.6 Å². The van der Waals surface area contributed by atoms with E-state index in [1.807, 2.05) is 19.9 Å². The second kappa shape index (κ2) is 6.23. The van der Waals surface area contributed by atoms with Crippen LogP contribution in [0.1, 0.15) is 30.0 Å². The molecule has 0 aliphatic rings. The van der Waals surface area contributed by atoms with E-state index >= 15 is 0 Å². The smallest absolute Gasteiger partial charge is 0.357 e. The Balaban J connectivity index is 2.52. The second-order valence-electron chi connectivity index (χ2n) is 3.54. The summed E-state index contributed by atoms with van der Waals surface area (Å²) in [5.74, 6) is -0.407. The summed E-state index contributed by atoms with van der Waals surface area (Å²) in [6, 6.07) is 5.26. The minimum Gasteiger partial charge on any atom is -0.455 e. The lowest BCUT2D eigenvalue weighted by molar-refractivity contribution is 0.00385. The van der Waals surface area contributed by atoms with E-state index in [0.717, 1.165) is 5.69 Å². The Morgan fingerprint density at radius 3 is 2.88 bits per heavy atom. The number of pyridine rings is 1. The van der Waals surface area contributed by atoms with Gasteiger partial charge in [-0.05, 0) is 32.9 Å². The summed E-state index contributed by atoms with van der Waals surface area (Å²) >= 11 is 0. The molecule has 16 heavy (non-hydrogen) atoms. The maximum Gasteiger partial charge on any atom is 0.357 e. The van der Waals surface area contributed by atoms with E-state index < -0.39 is 5.97 Å². The average Bonchev–Trinajstić information content (AvgIpc) is 2.26. The van der Waals surface area contributed by atoms with Gasteiger partial charge in [0.2, 0.25) is 0 Å². The molecular weight excluding hydrogens is 206 g/mol. The molecule has 0 aliphatic carbocycles. The minimum absolute atomic E-state index is 0.255. The molecule has 0 bridgehead atoms. The molecule has 0 radical (unpaired) electrons. The molecule has 1 aromatic rings. The molecule has 0 N–H and O–H groups in total. The molecule has 0 saturated carbocycles. The fourth-order valence-electron chi connectivity index (χ4n) is 1.22. The molecule has 4 heteroatoms. The Morgan fingerprint density at radius 2 is 2.25 bits per heavy atom. The zero-order valence-electron chi connectivity index (χ0n) is 9.90. The SMILES string of the molecule is CCOCC(C)OC(=O)c1cccc(C)n1. The van der Waals surface area contributed by atoms with Crippen molar-refractivity contribution in [1.82, 2.24) is 4.98 Å². The van der Waals surface area contributed by atoms with Gasteiger partial charge in [-0.15, -0.1) is 0 Å². The van der Waals surface area contributed by atoms with Gasteiger partial charge in [0.1, 0.15) is 11.8 Å². The van der Waals surface area contributed by atoms with Crippen LogP contribution in [0.2, 0.25) is 0 Å². The molecule has 1 atom stereocenters. The van der Waals surface area contributed by atoms with E-state index in [2.05, 4.69) is 4.98 Å². The van der Waals surface area contributed by atoms with Crippen LogP contribution >= 0.6 is 0 Å². The van der Waals surface area contributed by atoms with E-state index in [1.54, 1.807) is 19.1 Å². The van der Waals surface area contributed by atoms with Crippen LogP contribution in [0.3, 0.4) is 0 Å². The topological polar surface area (TPSA) is 48.4 Å². The highest BCUT2D eigenvalue weighted by Crippen LogP contribution is 2.03. The van der Waals surface area contributed by atoms with E-state index in [1.165, 1.54) is 0 Å². The van der Waals surface area contributed by atoms with Crippen molar-refractivity contribution < 1.29 is 14.3 Å². The van der Waals surface area contributed by atoms with Gasteiger partial charge in [-0.1, -0.05) is 6.07 Å². The minimum atomic E-state index is -0.407. The van der Waals surface area contributed by atoms with Crippen LogP contribution in [0.15, 0.2) is 18.2 Å². The highest BCUT2D eigenvalue weighted by Gasteiger charge is 2.13. The summed E-state index contributed by atoms with van der Waals surface area (Å²) in [4.78, 5) is 15.7. The number of esters is 1. The molecule has 0 fully saturated rings. The highest BCUT2D eigenvalue weighted by atomic mass is 16.6. The first-order chi connectivity index (χ1) is 7.63. The van der Waals surface area contributed by atoms with Gasteiger partial charge < -0.3 is 9.47 Å². The molecule has 88 valence electrons. The number of ether oxygens (including phenoxy) is 2. The van der Waals surface area contributed by atoms with Crippen LogP contribution in [0.25, 0.3) is 0 Å². The van der Waals surface area contributed by atoms with Crippen molar-refractivity contribution in [3.63, 3.8) is 0 Å². The number of rotatable bonds is 5. The third kappa shape index (κ3) is 3.98. The molecule has 1 heterocycles. The summed E-state index contributed by atoms with van der Waals surface area (Å²) in [5.41, 5.74) is 1.13. The molecule has 4 nitrogen and oxygen atoms in total. The number of aromatic nitrogens is 1. The van der Waals surface area contributed by atoms with Crippen molar-refractivity contribution in [2.45, 2.75) is 26.9 Å². The molecule has 0 amide bonds. The maximum absolute atomic E-state index is 11.6. The first kappa shape index (κ1) is 12.6. The second-order valence-corrected chi connectivity index (χ2v) is 3.54. The molecule has 0 aromatic carbocycles. The zero-order valence-corrected chi connectivity index (χ0v) is 9.90. The van der Waals surface area contributed by atoms with Crippen LogP contribution in [-0.2, 0) is 9.47 Å². The predicted octanol–water partition coefficient (Wildman–Crippen LogP) is 1.97. The van der Waals surface area contributed by atoms with Crippen molar-refractivity contribution in [3.8, 4) is 0 Å². The number of carbonyl (C=O) groups is 1. The molecular formula is C12H17NO3. The van der Waals surface area contributed by atoms with Gasteiger partial charge in [0.05, 0.1) is 6.61 Å². The van der Waals surface area contributed by atoms with Crippen molar-refractivity contribution >= 4 is 5.97 Å². The van der Waals surface area contributed by atoms with E-state index in [-0.39, 0.29) is 6.10 Å². The van der Waals surface area contributed by atoms with Gasteiger partial charge in [-0.2, -0.15) is 0 Å². The summed E-state index contributed by atoms with van der Waals surface area (Å²) in [6.07, 6.45) is -0.255. The largest absolute Gasteiger partial charge is 0.455 e. The lowest BCUT2D eigenvalue weighted by Crippen LogP contribution is -2.21. The number of carbonyl (C=O) groups excluding carboxylic acids is 1. The summed E-state index contributed by atoms with van der Waals surface area (Å²) < 4.78 is 10.3. The van der Waals surface area contributed by atoms with E-state index in [0.29, 0.717) is 18.9 Å². The Morgan fingerprint density at radius 1 is 1.50 bits per heavy atom. The molecule has 0 aliphatic heterocycles. The zero-order chi connectivity index (χ0) is 12.0. The summed E-state index contributed by atoms with van der Waals surface area (Å²) in [6.45, 7) is 6.55. The average molecular weight is 223 g/mol. The Hall–Kier alpha value is -1.42. The monoisotopic (exact) mass is 223 g/mol. The lowest BCUT2D eigenvalue weighted by Gasteiger charge is -2.12. The van der Waals surface area contributed by atoms with Gasteiger partial charge in [0, 0.05) is 12.3 Å². The fourth-order valence-corrected chi connectivity index (χ4v) is 1.22. The Labute approximate surface area is 95.6 Å². The van der Waals surface area contributed by atoms with Crippen LogP contribution < -0.4 is 0 Å². The van der Waals surface area contributed by atoms with E-state index in [4.69, 9.17) is 9.47 Å². The quantitative estimate of drug-likeness (QED) is 0.716.